The molecule has 5 rings (SSSR count). The second-order valence-corrected chi connectivity index (χ2v) is 12.2. The second kappa shape index (κ2) is 17.3. The van der Waals surface area contributed by atoms with Crippen LogP contribution >= 0.6 is 0 Å². The average Bonchev–Trinajstić information content (AvgIpc) is 3.10. The number of carbonyl (C=O) groups is 2. The molecular weight excluding hydrogens is 584 g/mol. The summed E-state index contributed by atoms with van der Waals surface area (Å²) in [7, 11) is 0. The minimum absolute atomic E-state index is 0.00652. The highest BCUT2D eigenvalue weighted by atomic mass is 16.7. The van der Waals surface area contributed by atoms with Crippen molar-refractivity contribution in [2.75, 3.05) is 32.7 Å². The van der Waals surface area contributed by atoms with E-state index >= 15 is 0 Å². The van der Waals surface area contributed by atoms with Gasteiger partial charge in [0.1, 0.15) is 0 Å². The molecule has 3 atom stereocenters. The highest BCUT2D eigenvalue weighted by molar-refractivity contribution is 5.76. The molecule has 0 aliphatic carbocycles. The SMILES string of the molecule is O=C(CCCCC(=O)NCc1ccc([C@@H]2O[C@H](CN3CCN(Cc4ccccc4)CC3)C[C@H](c3ccc(CO)cc3)O2)cc1)NO. The molecule has 0 bridgehead atoms. The van der Waals surface area contributed by atoms with Crippen LogP contribution in [0.2, 0.25) is 0 Å². The molecule has 4 N–H and O–H groups in total. The molecule has 2 aliphatic rings. The molecule has 2 saturated heterocycles. The van der Waals surface area contributed by atoms with Gasteiger partial charge in [-0.05, 0) is 35.1 Å². The summed E-state index contributed by atoms with van der Waals surface area (Å²) in [6.45, 7) is 6.24. The zero-order valence-electron chi connectivity index (χ0n) is 26.4. The highest BCUT2D eigenvalue weighted by Crippen LogP contribution is 2.38. The minimum Gasteiger partial charge on any atom is -0.392 e. The van der Waals surface area contributed by atoms with Crippen molar-refractivity contribution in [1.82, 2.24) is 20.6 Å². The van der Waals surface area contributed by atoms with Gasteiger partial charge in [0.05, 0.1) is 18.8 Å². The third-order valence-electron chi connectivity index (χ3n) is 8.71. The predicted octanol–water partition coefficient (Wildman–Crippen LogP) is 4.22. The van der Waals surface area contributed by atoms with Gasteiger partial charge in [-0.15, -0.1) is 0 Å². The summed E-state index contributed by atoms with van der Waals surface area (Å²) in [5.41, 5.74) is 6.77. The molecule has 2 heterocycles. The Balaban J connectivity index is 1.16. The molecule has 10 heteroatoms. The zero-order chi connectivity index (χ0) is 32.1. The Morgan fingerprint density at radius 1 is 0.739 bits per heavy atom. The Hall–Kier alpha value is -3.64. The normalized spacial score (nSPS) is 20.7. The van der Waals surface area contributed by atoms with Gasteiger partial charge in [-0.3, -0.25) is 24.6 Å². The summed E-state index contributed by atoms with van der Waals surface area (Å²) in [5.74, 6) is -0.521. The summed E-state index contributed by atoms with van der Waals surface area (Å²) < 4.78 is 13.1. The van der Waals surface area contributed by atoms with Crippen molar-refractivity contribution in [2.45, 2.75) is 70.3 Å². The number of nitrogens with one attached hydrogen (secondary N) is 2. The third kappa shape index (κ3) is 10.2. The Morgan fingerprint density at radius 2 is 1.37 bits per heavy atom. The second-order valence-electron chi connectivity index (χ2n) is 12.2. The van der Waals surface area contributed by atoms with Crippen molar-refractivity contribution in [2.24, 2.45) is 0 Å². The lowest BCUT2D eigenvalue weighted by Crippen LogP contribution is -2.49. The monoisotopic (exact) mass is 630 g/mol. The van der Waals surface area contributed by atoms with Crippen molar-refractivity contribution < 1.29 is 29.4 Å². The smallest absolute Gasteiger partial charge is 0.243 e. The number of aliphatic hydroxyl groups excluding tert-OH is 1. The minimum atomic E-state index is -0.527. The number of nitrogens with zero attached hydrogens (tertiary/aromatic N) is 2. The molecule has 0 saturated carbocycles. The van der Waals surface area contributed by atoms with Gasteiger partial charge in [0.25, 0.3) is 0 Å². The first-order chi connectivity index (χ1) is 22.5. The number of hydrogen-bond acceptors (Lipinski definition) is 8. The van der Waals surface area contributed by atoms with E-state index in [1.54, 1.807) is 5.48 Å². The van der Waals surface area contributed by atoms with Crippen LogP contribution in [-0.4, -0.2) is 70.8 Å². The molecule has 3 aromatic rings. The van der Waals surface area contributed by atoms with Gasteiger partial charge in [0.15, 0.2) is 6.29 Å². The summed E-state index contributed by atoms with van der Waals surface area (Å²) >= 11 is 0. The van der Waals surface area contributed by atoms with Gasteiger partial charge in [-0.2, -0.15) is 0 Å². The van der Waals surface area contributed by atoms with Crippen LogP contribution in [0.4, 0.5) is 0 Å². The summed E-state index contributed by atoms with van der Waals surface area (Å²) in [6, 6.07) is 26.5. The third-order valence-corrected chi connectivity index (χ3v) is 8.71. The van der Waals surface area contributed by atoms with E-state index in [0.29, 0.717) is 25.8 Å². The standard InChI is InChI=1S/C36H46N4O6/c41-26-29-12-14-30(15-13-29)33-22-32(25-40-20-18-39(19-21-40)24-28-6-2-1-3-7-28)45-36(46-33)31-16-10-27(11-17-31)23-37-34(42)8-4-5-9-35(43)38-44/h1-3,6-7,10-17,32-33,36,41,44H,4-5,8-9,18-26H2,(H,37,42)(H,38,43)/t32-,33+,36+/m0/s1. The number of carbonyl (C=O) groups excluding carboxylic acids is 2. The number of rotatable bonds is 14. The molecule has 0 aromatic heterocycles. The molecule has 2 aliphatic heterocycles. The highest BCUT2D eigenvalue weighted by Gasteiger charge is 2.33. The molecule has 2 amide bonds. The van der Waals surface area contributed by atoms with Crippen LogP contribution < -0.4 is 10.8 Å². The number of benzene rings is 3. The number of hydroxylamine groups is 1. The van der Waals surface area contributed by atoms with Crippen molar-refractivity contribution in [3.05, 3.63) is 107 Å². The number of hydrogen-bond donors (Lipinski definition) is 4. The molecule has 46 heavy (non-hydrogen) atoms. The van der Waals surface area contributed by atoms with Gasteiger partial charge < -0.3 is 19.9 Å². The fraction of sp³-hybridized carbons (Fsp3) is 0.444. The molecule has 0 unspecified atom stereocenters. The van der Waals surface area contributed by atoms with E-state index in [1.807, 2.05) is 48.5 Å². The van der Waals surface area contributed by atoms with Crippen LogP contribution in [0.15, 0.2) is 78.9 Å². The van der Waals surface area contributed by atoms with Crippen LogP contribution in [-0.2, 0) is 38.8 Å². The Morgan fingerprint density at radius 3 is 2.04 bits per heavy atom. The van der Waals surface area contributed by atoms with E-state index in [-0.39, 0.29) is 31.1 Å². The Labute approximate surface area is 271 Å². The molecule has 10 nitrogen and oxygen atoms in total. The van der Waals surface area contributed by atoms with Gasteiger partial charge in [-0.25, -0.2) is 5.48 Å². The number of amides is 2. The maximum absolute atomic E-state index is 12.2. The van der Waals surface area contributed by atoms with Gasteiger partial charge >= 0.3 is 0 Å². The lowest BCUT2D eigenvalue weighted by atomic mass is 9.99. The van der Waals surface area contributed by atoms with E-state index in [0.717, 1.165) is 67.9 Å². The van der Waals surface area contributed by atoms with Crippen molar-refractivity contribution in [3.8, 4) is 0 Å². The van der Waals surface area contributed by atoms with Crippen LogP contribution in [0.5, 0.6) is 0 Å². The van der Waals surface area contributed by atoms with Crippen molar-refractivity contribution in [3.63, 3.8) is 0 Å². The molecule has 3 aromatic carbocycles. The van der Waals surface area contributed by atoms with E-state index in [1.165, 1.54) is 5.56 Å². The Bertz CT molecular complexity index is 1360. The van der Waals surface area contributed by atoms with Crippen molar-refractivity contribution in [1.29, 1.82) is 0 Å². The molecule has 2 fully saturated rings. The molecular formula is C36H46N4O6. The van der Waals surface area contributed by atoms with Crippen LogP contribution in [0.3, 0.4) is 0 Å². The summed E-state index contributed by atoms with van der Waals surface area (Å²) in [5, 5.41) is 21.0. The lowest BCUT2D eigenvalue weighted by Gasteiger charge is -2.40. The Kier molecular flexibility index (Phi) is 12.7. The van der Waals surface area contributed by atoms with Crippen LogP contribution in [0.1, 0.15) is 72.3 Å². The van der Waals surface area contributed by atoms with Gasteiger partial charge in [0, 0.05) is 70.6 Å². The summed E-state index contributed by atoms with van der Waals surface area (Å²) in [4.78, 5) is 28.3. The van der Waals surface area contributed by atoms with Gasteiger partial charge in [-0.1, -0.05) is 78.9 Å². The zero-order valence-corrected chi connectivity index (χ0v) is 26.4. The summed E-state index contributed by atoms with van der Waals surface area (Å²) in [6.07, 6.45) is 1.69. The maximum Gasteiger partial charge on any atom is 0.243 e. The first kappa shape index (κ1) is 33.7. The van der Waals surface area contributed by atoms with Crippen LogP contribution in [0, 0.1) is 0 Å². The molecule has 0 spiro atoms. The first-order valence-electron chi connectivity index (χ1n) is 16.3. The first-order valence-corrected chi connectivity index (χ1v) is 16.3. The number of ether oxygens (including phenoxy) is 2. The number of unbranched alkanes of at least 4 members (excludes halogenated alkanes) is 1. The quantitative estimate of drug-likeness (QED) is 0.119. The van der Waals surface area contributed by atoms with E-state index in [4.69, 9.17) is 14.7 Å². The van der Waals surface area contributed by atoms with E-state index in [2.05, 4.69) is 45.4 Å². The topological polar surface area (TPSA) is 124 Å². The fourth-order valence-electron chi connectivity index (χ4n) is 6.00. The van der Waals surface area contributed by atoms with E-state index < -0.39 is 12.2 Å². The van der Waals surface area contributed by atoms with E-state index in [9.17, 15) is 14.7 Å². The lowest BCUT2D eigenvalue weighted by molar-refractivity contribution is -0.253. The number of aliphatic hydroxyl groups is 1. The predicted molar refractivity (Wildman–Crippen MR) is 173 cm³/mol. The fourth-order valence-corrected chi connectivity index (χ4v) is 6.00. The maximum atomic E-state index is 12.2. The average molecular weight is 631 g/mol. The number of piperazine rings is 1. The largest absolute Gasteiger partial charge is 0.392 e. The molecule has 246 valence electrons. The molecule has 0 radical (unpaired) electrons. The van der Waals surface area contributed by atoms with Crippen LogP contribution in [0.25, 0.3) is 0 Å². The van der Waals surface area contributed by atoms with Gasteiger partial charge in [0.2, 0.25) is 11.8 Å². The van der Waals surface area contributed by atoms with Crippen molar-refractivity contribution >= 4 is 11.8 Å².